The van der Waals surface area contributed by atoms with Crippen molar-refractivity contribution < 1.29 is 9.32 Å². The average Bonchev–Trinajstić information content (AvgIpc) is 3.06. The van der Waals surface area contributed by atoms with E-state index in [1.54, 1.807) is 33.0 Å². The average molecular weight is 334 g/mol. The summed E-state index contributed by atoms with van der Waals surface area (Å²) in [6.45, 7) is 11.7. The number of aryl methyl sites for hydroxylation is 1. The molecule has 8 heteroatoms. The molecule has 1 atom stereocenters. The number of carbonyl (C=O) groups excluding carboxylic acids is 1. The molecular weight excluding hydrogens is 308 g/mol. The minimum Gasteiger partial charge on any atom is -0.337 e. The molecule has 2 aromatic rings. The monoisotopic (exact) mass is 334 g/mol. The van der Waals surface area contributed by atoms with Crippen LogP contribution in [0, 0.1) is 12.8 Å². The summed E-state index contributed by atoms with van der Waals surface area (Å²) in [5.41, 5.74) is -0.778. The summed E-state index contributed by atoms with van der Waals surface area (Å²) in [5.74, 6) is 2.08. The van der Waals surface area contributed by atoms with Crippen LogP contribution in [0.1, 0.15) is 58.8 Å². The largest absolute Gasteiger partial charge is 0.337 e. The Balaban J connectivity index is 2.04. The first-order valence-electron chi connectivity index (χ1n) is 8.12. The van der Waals surface area contributed by atoms with Gasteiger partial charge in [-0.1, -0.05) is 19.0 Å². The molecule has 0 saturated heterocycles. The van der Waals surface area contributed by atoms with Crippen LogP contribution in [-0.2, 0) is 5.54 Å². The molecule has 2 rings (SSSR count). The zero-order chi connectivity index (χ0) is 17.9. The van der Waals surface area contributed by atoms with Gasteiger partial charge in [0.2, 0.25) is 0 Å². The number of hydrogen-bond acceptors (Lipinski definition) is 5. The first kappa shape index (κ1) is 18.0. The van der Waals surface area contributed by atoms with Crippen LogP contribution in [0.2, 0.25) is 0 Å². The first-order chi connectivity index (χ1) is 11.2. The number of amides is 2. The molecule has 0 aliphatic carbocycles. The number of anilines is 1. The molecule has 8 nitrogen and oxygen atoms in total. The molecule has 2 heterocycles. The van der Waals surface area contributed by atoms with Crippen LogP contribution in [0.25, 0.3) is 0 Å². The van der Waals surface area contributed by atoms with E-state index in [-0.39, 0.29) is 12.1 Å². The Bertz CT molecular complexity index is 688. The van der Waals surface area contributed by atoms with E-state index in [4.69, 9.17) is 4.52 Å². The van der Waals surface area contributed by atoms with Gasteiger partial charge in [-0.05, 0) is 40.0 Å². The van der Waals surface area contributed by atoms with Crippen molar-refractivity contribution in [3.05, 3.63) is 24.0 Å². The SMILES string of the molecule is Cc1noc(C(C)(C)NC(=O)Nc2ccnn2C(C)CC(C)C)n1. The molecule has 0 fully saturated rings. The Morgan fingerprint density at radius 1 is 1.38 bits per heavy atom. The molecule has 132 valence electrons. The minimum atomic E-state index is -0.778. The predicted octanol–water partition coefficient (Wildman–Crippen LogP) is 3.24. The standard InChI is InChI=1S/C16H26N6O2/c1-10(2)9-11(3)22-13(7-8-17-22)19-15(23)20-16(5,6)14-18-12(4)21-24-14/h7-8,10-11H,9H2,1-6H3,(H2,19,20,23). The van der Waals surface area contributed by atoms with E-state index < -0.39 is 5.54 Å². The second-order valence-electron chi connectivity index (χ2n) is 6.99. The van der Waals surface area contributed by atoms with Crippen molar-refractivity contribution in [2.45, 2.75) is 59.5 Å². The van der Waals surface area contributed by atoms with E-state index in [9.17, 15) is 4.79 Å². The fourth-order valence-corrected chi connectivity index (χ4v) is 2.58. The second-order valence-corrected chi connectivity index (χ2v) is 6.99. The lowest BCUT2D eigenvalue weighted by Gasteiger charge is -2.23. The zero-order valence-electron chi connectivity index (χ0n) is 15.1. The number of carbonyl (C=O) groups is 1. The van der Waals surface area contributed by atoms with E-state index in [0.29, 0.717) is 23.5 Å². The molecule has 2 aromatic heterocycles. The molecule has 1 unspecified atom stereocenters. The molecule has 0 radical (unpaired) electrons. The molecule has 2 amide bonds. The van der Waals surface area contributed by atoms with E-state index in [0.717, 1.165) is 6.42 Å². The Morgan fingerprint density at radius 2 is 2.08 bits per heavy atom. The lowest BCUT2D eigenvalue weighted by molar-refractivity contribution is 0.228. The summed E-state index contributed by atoms with van der Waals surface area (Å²) < 4.78 is 6.97. The molecule has 0 spiro atoms. The van der Waals surface area contributed by atoms with Gasteiger partial charge in [0.1, 0.15) is 11.4 Å². The summed E-state index contributed by atoms with van der Waals surface area (Å²) in [5, 5.41) is 13.8. The van der Waals surface area contributed by atoms with Crippen molar-refractivity contribution in [1.82, 2.24) is 25.2 Å². The van der Waals surface area contributed by atoms with Gasteiger partial charge in [-0.3, -0.25) is 5.32 Å². The van der Waals surface area contributed by atoms with Gasteiger partial charge in [0.15, 0.2) is 5.82 Å². The number of nitrogens with one attached hydrogen (secondary N) is 2. The van der Waals surface area contributed by atoms with Crippen molar-refractivity contribution in [3.63, 3.8) is 0 Å². The van der Waals surface area contributed by atoms with E-state index in [2.05, 4.69) is 46.6 Å². The van der Waals surface area contributed by atoms with Gasteiger partial charge in [-0.2, -0.15) is 10.1 Å². The van der Waals surface area contributed by atoms with Gasteiger partial charge in [0.05, 0.1) is 12.2 Å². The van der Waals surface area contributed by atoms with Gasteiger partial charge < -0.3 is 9.84 Å². The molecule has 24 heavy (non-hydrogen) atoms. The van der Waals surface area contributed by atoms with Crippen LogP contribution in [0.5, 0.6) is 0 Å². The molecular formula is C16H26N6O2. The fraction of sp³-hybridized carbons (Fsp3) is 0.625. The van der Waals surface area contributed by atoms with Crippen molar-refractivity contribution >= 4 is 11.8 Å². The number of nitrogens with zero attached hydrogens (tertiary/aromatic N) is 4. The Hall–Kier alpha value is -2.38. The van der Waals surface area contributed by atoms with Crippen molar-refractivity contribution in [2.24, 2.45) is 5.92 Å². The van der Waals surface area contributed by atoms with Crippen LogP contribution >= 0.6 is 0 Å². The van der Waals surface area contributed by atoms with Gasteiger partial charge in [0.25, 0.3) is 5.89 Å². The highest BCUT2D eigenvalue weighted by Crippen LogP contribution is 2.21. The predicted molar refractivity (Wildman–Crippen MR) is 90.6 cm³/mol. The normalized spacial score (nSPS) is 13.1. The van der Waals surface area contributed by atoms with Gasteiger partial charge in [-0.25, -0.2) is 9.48 Å². The maximum absolute atomic E-state index is 12.4. The minimum absolute atomic E-state index is 0.196. The molecule has 2 N–H and O–H groups in total. The summed E-state index contributed by atoms with van der Waals surface area (Å²) in [6, 6.07) is 1.62. The van der Waals surface area contributed by atoms with Gasteiger partial charge in [0, 0.05) is 6.07 Å². The molecule has 0 saturated carbocycles. The summed E-state index contributed by atoms with van der Waals surface area (Å²) in [4.78, 5) is 16.5. The van der Waals surface area contributed by atoms with Crippen LogP contribution < -0.4 is 10.6 Å². The maximum Gasteiger partial charge on any atom is 0.321 e. The third-order valence-electron chi connectivity index (χ3n) is 3.63. The van der Waals surface area contributed by atoms with E-state index in [1.807, 2.05) is 4.68 Å². The third kappa shape index (κ3) is 4.33. The quantitative estimate of drug-likeness (QED) is 0.845. The summed E-state index contributed by atoms with van der Waals surface area (Å²) >= 11 is 0. The number of hydrogen-bond donors (Lipinski definition) is 2. The topological polar surface area (TPSA) is 97.9 Å². The summed E-state index contributed by atoms with van der Waals surface area (Å²) in [6.07, 6.45) is 2.66. The van der Waals surface area contributed by atoms with E-state index >= 15 is 0 Å². The fourth-order valence-electron chi connectivity index (χ4n) is 2.58. The number of urea groups is 1. The Kier molecular flexibility index (Phi) is 5.26. The van der Waals surface area contributed by atoms with Crippen molar-refractivity contribution in [2.75, 3.05) is 5.32 Å². The highest BCUT2D eigenvalue weighted by Gasteiger charge is 2.29. The van der Waals surface area contributed by atoms with Crippen LogP contribution in [0.4, 0.5) is 10.6 Å². The van der Waals surface area contributed by atoms with Crippen molar-refractivity contribution in [3.8, 4) is 0 Å². The van der Waals surface area contributed by atoms with Crippen molar-refractivity contribution in [1.29, 1.82) is 0 Å². The van der Waals surface area contributed by atoms with E-state index in [1.165, 1.54) is 0 Å². The second kappa shape index (κ2) is 7.02. The Morgan fingerprint density at radius 3 is 2.67 bits per heavy atom. The highest BCUT2D eigenvalue weighted by molar-refractivity contribution is 5.88. The van der Waals surface area contributed by atoms with Crippen LogP contribution in [-0.4, -0.2) is 26.0 Å². The molecule has 0 bridgehead atoms. The zero-order valence-corrected chi connectivity index (χ0v) is 15.1. The third-order valence-corrected chi connectivity index (χ3v) is 3.63. The lowest BCUT2D eigenvalue weighted by atomic mass is 10.1. The number of aromatic nitrogens is 4. The molecule has 0 aliphatic heterocycles. The van der Waals surface area contributed by atoms with Crippen LogP contribution in [0.3, 0.4) is 0 Å². The summed E-state index contributed by atoms with van der Waals surface area (Å²) in [7, 11) is 0. The van der Waals surface area contributed by atoms with Gasteiger partial charge in [-0.15, -0.1) is 0 Å². The molecule has 0 aliphatic rings. The van der Waals surface area contributed by atoms with Crippen LogP contribution in [0.15, 0.2) is 16.8 Å². The van der Waals surface area contributed by atoms with Gasteiger partial charge >= 0.3 is 6.03 Å². The lowest BCUT2D eigenvalue weighted by Crippen LogP contribution is -2.44. The smallest absolute Gasteiger partial charge is 0.321 e. The molecule has 0 aromatic carbocycles. The maximum atomic E-state index is 12.4. The highest BCUT2D eigenvalue weighted by atomic mass is 16.5. The Labute approximate surface area is 142 Å². The number of rotatable bonds is 6. The first-order valence-corrected chi connectivity index (χ1v) is 8.12.